The number of anilines is 9. The van der Waals surface area contributed by atoms with Crippen LogP contribution in [0.25, 0.3) is 72.0 Å². The van der Waals surface area contributed by atoms with E-state index in [0.717, 1.165) is 78.9 Å². The van der Waals surface area contributed by atoms with Crippen molar-refractivity contribution in [2.24, 2.45) is 0 Å². The Hall–Kier alpha value is -10.9. The van der Waals surface area contributed by atoms with E-state index in [2.05, 4.69) is 341 Å². The highest BCUT2D eigenvalue weighted by Gasteiger charge is 2.45. The van der Waals surface area contributed by atoms with Gasteiger partial charge in [0.05, 0.1) is 22.4 Å². The lowest BCUT2D eigenvalue weighted by atomic mass is 9.33. The van der Waals surface area contributed by atoms with Crippen LogP contribution in [0.1, 0.15) is 0 Å². The number of rotatable bonds is 10. The molecule has 5 heteroatoms. The molecule has 0 amide bonds. The third-order valence-electron chi connectivity index (χ3n) is 16.9. The maximum atomic E-state index is 2.62. The minimum absolute atomic E-state index is 0.166. The van der Waals surface area contributed by atoms with Crippen LogP contribution in [-0.2, 0) is 0 Å². The Balaban J connectivity index is 1.05. The van der Waals surface area contributed by atoms with Crippen LogP contribution in [0.3, 0.4) is 0 Å². The van der Waals surface area contributed by atoms with Crippen LogP contribution in [0.5, 0.6) is 0 Å². The van der Waals surface area contributed by atoms with Crippen molar-refractivity contribution in [2.45, 2.75) is 0 Å². The fourth-order valence-corrected chi connectivity index (χ4v) is 13.2. The first kappa shape index (κ1) is 48.1. The molecule has 0 unspecified atom stereocenters. The van der Waals surface area contributed by atoms with E-state index in [1.807, 2.05) is 0 Å². The van der Waals surface area contributed by atoms with E-state index < -0.39 is 0 Å². The summed E-state index contributed by atoms with van der Waals surface area (Å²) in [5.74, 6) is 0. The van der Waals surface area contributed by atoms with E-state index in [1.165, 1.54) is 60.7 Å². The molecule has 0 bridgehead atoms. The van der Waals surface area contributed by atoms with Crippen molar-refractivity contribution < 1.29 is 0 Å². The van der Waals surface area contributed by atoms with Gasteiger partial charge in [-0.05, 0) is 152 Å². The van der Waals surface area contributed by atoms with E-state index in [9.17, 15) is 0 Å². The van der Waals surface area contributed by atoms with Crippen LogP contribution < -0.4 is 31.1 Å². The molecule has 14 aromatic rings. The molecule has 0 saturated carbocycles. The zero-order valence-corrected chi connectivity index (χ0v) is 45.5. The number of fused-ring (bicyclic) bond motifs is 8. The second kappa shape index (κ2) is 20.0. The maximum absolute atomic E-state index is 2.62. The normalized spacial score (nSPS) is 12.3. The molecule has 0 radical (unpaired) electrons. The molecule has 83 heavy (non-hydrogen) atoms. The molecule has 0 fully saturated rings. The van der Waals surface area contributed by atoms with Crippen molar-refractivity contribution in [3.05, 3.63) is 322 Å². The summed E-state index contributed by atoms with van der Waals surface area (Å²) in [7, 11) is 0. The highest BCUT2D eigenvalue weighted by atomic mass is 15.2. The summed E-state index contributed by atoms with van der Waals surface area (Å²) in [6.07, 6.45) is 0. The Bertz CT molecular complexity index is 4700. The molecule has 388 valence electrons. The molecule has 2 aliphatic rings. The fraction of sp³-hybridized carbons (Fsp3) is 0. The number of aromatic nitrogens is 1. The molecular formula is C78H53BN4. The van der Waals surface area contributed by atoms with Gasteiger partial charge in [0, 0.05) is 56.3 Å². The average molecular weight is 1060 g/mol. The lowest BCUT2D eigenvalue weighted by Crippen LogP contribution is -2.61. The van der Waals surface area contributed by atoms with Crippen molar-refractivity contribution in [1.29, 1.82) is 0 Å². The summed E-state index contributed by atoms with van der Waals surface area (Å²) >= 11 is 0. The van der Waals surface area contributed by atoms with Gasteiger partial charge in [0.25, 0.3) is 6.71 Å². The van der Waals surface area contributed by atoms with E-state index in [4.69, 9.17) is 0 Å². The predicted molar refractivity (Wildman–Crippen MR) is 351 cm³/mol. The number of para-hydroxylation sites is 3. The van der Waals surface area contributed by atoms with Crippen molar-refractivity contribution in [2.75, 3.05) is 14.7 Å². The monoisotopic (exact) mass is 1060 g/mol. The van der Waals surface area contributed by atoms with Crippen molar-refractivity contribution in [3.8, 4) is 50.2 Å². The third-order valence-corrected chi connectivity index (χ3v) is 16.9. The van der Waals surface area contributed by atoms with Gasteiger partial charge in [-0.25, -0.2) is 0 Å². The summed E-state index contributed by atoms with van der Waals surface area (Å²) in [4.78, 5) is 7.62. The summed E-state index contributed by atoms with van der Waals surface area (Å²) in [5, 5.41) is 2.40. The van der Waals surface area contributed by atoms with E-state index in [-0.39, 0.29) is 6.71 Å². The lowest BCUT2D eigenvalue weighted by molar-refractivity contribution is 1.18. The van der Waals surface area contributed by atoms with Crippen LogP contribution in [0.4, 0.5) is 51.2 Å². The van der Waals surface area contributed by atoms with Crippen LogP contribution in [0.15, 0.2) is 322 Å². The van der Waals surface area contributed by atoms with Crippen molar-refractivity contribution in [1.82, 2.24) is 4.57 Å². The van der Waals surface area contributed by atoms with Crippen molar-refractivity contribution in [3.63, 3.8) is 0 Å². The number of hydrogen-bond acceptors (Lipinski definition) is 3. The Kier molecular flexibility index (Phi) is 11.6. The second-order valence-electron chi connectivity index (χ2n) is 21.6. The molecule has 4 nitrogen and oxygen atoms in total. The molecule has 2 aliphatic heterocycles. The van der Waals surface area contributed by atoms with Gasteiger partial charge in [0.15, 0.2) is 0 Å². The molecule has 16 rings (SSSR count). The molecule has 1 aromatic heterocycles. The number of hydrogen-bond donors (Lipinski definition) is 0. The van der Waals surface area contributed by atoms with Crippen LogP contribution in [0.2, 0.25) is 0 Å². The largest absolute Gasteiger partial charge is 0.311 e. The first-order chi connectivity index (χ1) is 41.2. The van der Waals surface area contributed by atoms with Gasteiger partial charge in [-0.15, -0.1) is 0 Å². The first-order valence-electron chi connectivity index (χ1n) is 28.6. The predicted octanol–water partition coefficient (Wildman–Crippen LogP) is 19.0. The van der Waals surface area contributed by atoms with Crippen LogP contribution in [-0.4, -0.2) is 11.3 Å². The molecule has 3 heterocycles. The fourth-order valence-electron chi connectivity index (χ4n) is 13.2. The minimum Gasteiger partial charge on any atom is -0.311 e. The van der Waals surface area contributed by atoms with Crippen LogP contribution >= 0.6 is 0 Å². The quantitative estimate of drug-likeness (QED) is 0.127. The SMILES string of the molecule is c1ccc(-c2cccc(N3c4cc(-c5ccccc5)ccc4B4c5ccc6c(c5N(c5cccc(-c7ccccc7)c5)c5cc(N(c7ccccc7)c7ccccc7)cc3c54)c3ccccc3n6-c3cccc(-c4ccccc4)c3)c2)cc1. The minimum atomic E-state index is -0.166. The summed E-state index contributed by atoms with van der Waals surface area (Å²) < 4.78 is 2.49. The Morgan fingerprint density at radius 2 is 0.687 bits per heavy atom. The molecule has 13 aromatic carbocycles. The molecule has 0 atom stereocenters. The van der Waals surface area contributed by atoms with Gasteiger partial charge in [-0.3, -0.25) is 0 Å². The zero-order chi connectivity index (χ0) is 54.8. The van der Waals surface area contributed by atoms with E-state index in [0.29, 0.717) is 0 Å². The Labute approximate surface area is 484 Å². The molecule has 0 aliphatic carbocycles. The molecule has 0 N–H and O–H groups in total. The average Bonchev–Trinajstić information content (AvgIpc) is 2.01. The topological polar surface area (TPSA) is 14.7 Å². The third kappa shape index (κ3) is 8.16. The smallest absolute Gasteiger partial charge is 0.252 e. The Morgan fingerprint density at radius 1 is 0.265 bits per heavy atom. The van der Waals surface area contributed by atoms with Crippen molar-refractivity contribution >= 4 is 96.1 Å². The second-order valence-corrected chi connectivity index (χ2v) is 21.6. The molecule has 0 spiro atoms. The maximum Gasteiger partial charge on any atom is 0.252 e. The summed E-state index contributed by atoms with van der Waals surface area (Å²) in [6.45, 7) is -0.166. The van der Waals surface area contributed by atoms with Crippen LogP contribution in [0, 0.1) is 0 Å². The summed E-state index contributed by atoms with van der Waals surface area (Å²) in [6, 6.07) is 118. The molecule has 0 saturated heterocycles. The highest BCUT2D eigenvalue weighted by Crippen LogP contribution is 2.52. The highest BCUT2D eigenvalue weighted by molar-refractivity contribution is 7.00. The van der Waals surface area contributed by atoms with E-state index >= 15 is 0 Å². The standard InChI is InChI=1S/C78H53BN4/c1-7-24-54(25-8-1)58-32-21-39-64(48-58)81-71-43-20-19-42-68(71)76-72(81)47-46-70-78(76)83(66-41-23-34-60(50-66)56-28-11-3-12-29-56)75-53-67(80(62-35-15-5-16-36-62)63-37-17-6-18-38-63)52-74-77(75)79(70)69-45-44-61(57-30-13-4-14-31-57)51-73(69)82(74)65-40-22-33-59(49-65)55-26-9-2-10-27-55/h1-53H. The van der Waals surface area contributed by atoms with Gasteiger partial charge in [0.1, 0.15) is 0 Å². The zero-order valence-electron chi connectivity index (χ0n) is 45.5. The number of benzene rings is 13. The van der Waals surface area contributed by atoms with Gasteiger partial charge in [-0.2, -0.15) is 0 Å². The number of nitrogens with zero attached hydrogens (tertiary/aromatic N) is 4. The lowest BCUT2D eigenvalue weighted by Gasteiger charge is -2.45. The Morgan fingerprint density at radius 3 is 1.23 bits per heavy atom. The van der Waals surface area contributed by atoms with E-state index in [1.54, 1.807) is 0 Å². The molecular weight excluding hydrogens is 1000 g/mol. The van der Waals surface area contributed by atoms with Gasteiger partial charge in [0.2, 0.25) is 0 Å². The first-order valence-corrected chi connectivity index (χ1v) is 28.6. The van der Waals surface area contributed by atoms with Gasteiger partial charge >= 0.3 is 0 Å². The van der Waals surface area contributed by atoms with Gasteiger partial charge in [-0.1, -0.05) is 231 Å². The summed E-state index contributed by atoms with van der Waals surface area (Å²) in [5.41, 5.74) is 26.4. The van der Waals surface area contributed by atoms with Gasteiger partial charge < -0.3 is 19.3 Å².